The number of ether oxygens (including phenoxy) is 1. The lowest BCUT2D eigenvalue weighted by Crippen LogP contribution is -2.17. The summed E-state index contributed by atoms with van der Waals surface area (Å²) in [6.45, 7) is 2.27. The van der Waals surface area contributed by atoms with Crippen molar-refractivity contribution in [2.75, 3.05) is 5.32 Å². The van der Waals surface area contributed by atoms with E-state index in [0.717, 1.165) is 5.56 Å². The van der Waals surface area contributed by atoms with Crippen LogP contribution in [0.4, 0.5) is 19.0 Å². The molecule has 106 valence electrons. The van der Waals surface area contributed by atoms with Crippen molar-refractivity contribution >= 4 is 5.82 Å². The molecule has 2 aromatic rings. The summed E-state index contributed by atoms with van der Waals surface area (Å²) < 4.78 is 40.3. The number of halogens is 3. The van der Waals surface area contributed by atoms with Crippen LogP contribution in [0.25, 0.3) is 0 Å². The molecule has 1 aromatic heterocycles. The molecule has 0 aliphatic rings. The smallest absolute Gasteiger partial charge is 0.406 e. The number of hydrogen-bond donors (Lipinski definition) is 1. The summed E-state index contributed by atoms with van der Waals surface area (Å²) in [5.74, 6) is 0.476. The number of rotatable bonds is 4. The Morgan fingerprint density at radius 2 is 2.00 bits per heavy atom. The molecule has 1 aromatic carbocycles. The van der Waals surface area contributed by atoms with Gasteiger partial charge in [0.1, 0.15) is 11.6 Å². The molecule has 1 heterocycles. The van der Waals surface area contributed by atoms with Crippen molar-refractivity contribution in [1.82, 2.24) is 4.98 Å². The van der Waals surface area contributed by atoms with Crippen LogP contribution in [0.15, 0.2) is 42.6 Å². The Kier molecular flexibility index (Phi) is 4.12. The number of alkyl halides is 3. The maximum Gasteiger partial charge on any atom is 0.573 e. The van der Waals surface area contributed by atoms with Gasteiger partial charge in [0.25, 0.3) is 0 Å². The Morgan fingerprint density at radius 1 is 1.20 bits per heavy atom. The molecule has 0 aliphatic carbocycles. The third-order valence-corrected chi connectivity index (χ3v) is 2.60. The van der Waals surface area contributed by atoms with E-state index in [1.54, 1.807) is 12.3 Å². The molecule has 0 amide bonds. The van der Waals surface area contributed by atoms with Gasteiger partial charge in [-0.25, -0.2) is 4.98 Å². The Labute approximate surface area is 114 Å². The van der Waals surface area contributed by atoms with Crippen LogP contribution < -0.4 is 10.1 Å². The molecule has 2 rings (SSSR count). The van der Waals surface area contributed by atoms with Crippen molar-refractivity contribution in [2.24, 2.45) is 0 Å². The van der Waals surface area contributed by atoms with Gasteiger partial charge in [-0.15, -0.1) is 13.2 Å². The van der Waals surface area contributed by atoms with Gasteiger partial charge in [0, 0.05) is 12.7 Å². The first-order chi connectivity index (χ1) is 9.44. The van der Waals surface area contributed by atoms with Gasteiger partial charge in [0.05, 0.1) is 0 Å². The van der Waals surface area contributed by atoms with Gasteiger partial charge in [-0.05, 0) is 36.2 Å². The first kappa shape index (κ1) is 14.2. The van der Waals surface area contributed by atoms with Crippen LogP contribution in [0, 0.1) is 6.92 Å². The predicted molar refractivity (Wildman–Crippen MR) is 69.4 cm³/mol. The van der Waals surface area contributed by atoms with Gasteiger partial charge in [0.15, 0.2) is 0 Å². The quantitative estimate of drug-likeness (QED) is 0.923. The molecule has 20 heavy (non-hydrogen) atoms. The third-order valence-electron chi connectivity index (χ3n) is 2.60. The number of nitrogens with zero attached hydrogens (tertiary/aromatic N) is 1. The van der Waals surface area contributed by atoms with Crippen LogP contribution in [-0.2, 0) is 6.54 Å². The van der Waals surface area contributed by atoms with Gasteiger partial charge in [-0.3, -0.25) is 0 Å². The van der Waals surface area contributed by atoms with E-state index in [4.69, 9.17) is 0 Å². The molecule has 0 radical (unpaired) electrons. The SMILES string of the molecule is Cc1cccnc1NCc1cccc(OC(F)(F)F)c1. The number of benzene rings is 1. The monoisotopic (exact) mass is 282 g/mol. The molecule has 0 unspecified atom stereocenters. The second-order valence-electron chi connectivity index (χ2n) is 4.22. The summed E-state index contributed by atoms with van der Waals surface area (Å²) in [5, 5.41) is 3.07. The van der Waals surface area contributed by atoms with Crippen LogP contribution in [0.1, 0.15) is 11.1 Å². The van der Waals surface area contributed by atoms with Crippen LogP contribution in [-0.4, -0.2) is 11.3 Å². The fraction of sp³-hybridized carbons (Fsp3) is 0.214. The Hall–Kier alpha value is -2.24. The maximum atomic E-state index is 12.1. The predicted octanol–water partition coefficient (Wildman–Crippen LogP) is 3.90. The molecular formula is C14H13F3N2O. The molecule has 0 bridgehead atoms. The first-order valence-corrected chi connectivity index (χ1v) is 5.94. The summed E-state index contributed by atoms with van der Waals surface area (Å²) in [4.78, 5) is 4.15. The van der Waals surface area contributed by atoms with E-state index in [2.05, 4.69) is 15.0 Å². The molecular weight excluding hydrogens is 269 g/mol. The van der Waals surface area contributed by atoms with Crippen molar-refractivity contribution in [2.45, 2.75) is 19.8 Å². The minimum atomic E-state index is -4.68. The summed E-state index contributed by atoms with van der Waals surface area (Å²) in [5.41, 5.74) is 1.65. The second kappa shape index (κ2) is 5.81. The average Bonchev–Trinajstić information content (AvgIpc) is 2.36. The molecule has 0 fully saturated rings. The van der Waals surface area contributed by atoms with Gasteiger partial charge < -0.3 is 10.1 Å². The highest BCUT2D eigenvalue weighted by Crippen LogP contribution is 2.23. The lowest BCUT2D eigenvalue weighted by atomic mass is 10.2. The molecule has 0 atom stereocenters. The lowest BCUT2D eigenvalue weighted by Gasteiger charge is -2.11. The van der Waals surface area contributed by atoms with Crippen LogP contribution in [0.2, 0.25) is 0 Å². The van der Waals surface area contributed by atoms with Gasteiger partial charge in [-0.2, -0.15) is 0 Å². The van der Waals surface area contributed by atoms with Crippen LogP contribution in [0.5, 0.6) is 5.75 Å². The van der Waals surface area contributed by atoms with Crippen molar-refractivity contribution in [3.05, 3.63) is 53.7 Å². The van der Waals surface area contributed by atoms with Crippen LogP contribution in [0.3, 0.4) is 0 Å². The minimum absolute atomic E-state index is 0.227. The molecule has 0 saturated carbocycles. The largest absolute Gasteiger partial charge is 0.573 e. The Morgan fingerprint density at radius 3 is 2.70 bits per heavy atom. The van der Waals surface area contributed by atoms with Gasteiger partial charge in [0.2, 0.25) is 0 Å². The number of aryl methyl sites for hydroxylation is 1. The fourth-order valence-electron chi connectivity index (χ4n) is 1.71. The van der Waals surface area contributed by atoms with E-state index < -0.39 is 6.36 Å². The number of hydrogen-bond acceptors (Lipinski definition) is 3. The van der Waals surface area contributed by atoms with E-state index in [0.29, 0.717) is 17.9 Å². The summed E-state index contributed by atoms with van der Waals surface area (Å²) in [7, 11) is 0. The normalized spacial score (nSPS) is 11.2. The lowest BCUT2D eigenvalue weighted by molar-refractivity contribution is -0.274. The summed E-state index contributed by atoms with van der Waals surface area (Å²) in [6.07, 6.45) is -3.03. The third kappa shape index (κ3) is 4.15. The zero-order valence-electron chi connectivity index (χ0n) is 10.7. The molecule has 6 heteroatoms. The van der Waals surface area contributed by atoms with E-state index in [9.17, 15) is 13.2 Å². The average molecular weight is 282 g/mol. The van der Waals surface area contributed by atoms with Crippen molar-refractivity contribution in [1.29, 1.82) is 0 Å². The maximum absolute atomic E-state index is 12.1. The number of aromatic nitrogens is 1. The van der Waals surface area contributed by atoms with Crippen molar-refractivity contribution in [3.8, 4) is 5.75 Å². The molecule has 0 saturated heterocycles. The molecule has 0 spiro atoms. The standard InChI is InChI=1S/C14H13F3N2O/c1-10-4-3-7-18-13(10)19-9-11-5-2-6-12(8-11)20-14(15,16)17/h2-8H,9H2,1H3,(H,18,19). The zero-order valence-corrected chi connectivity index (χ0v) is 10.7. The Balaban J connectivity index is 2.03. The molecule has 0 aliphatic heterocycles. The number of nitrogens with one attached hydrogen (secondary N) is 1. The minimum Gasteiger partial charge on any atom is -0.406 e. The molecule has 3 nitrogen and oxygen atoms in total. The Bertz CT molecular complexity index is 585. The summed E-state index contributed by atoms with van der Waals surface area (Å²) in [6, 6.07) is 9.57. The molecule has 1 N–H and O–H groups in total. The number of pyridine rings is 1. The highest BCUT2D eigenvalue weighted by atomic mass is 19.4. The topological polar surface area (TPSA) is 34.2 Å². The zero-order chi connectivity index (χ0) is 14.6. The highest BCUT2D eigenvalue weighted by molar-refractivity contribution is 5.43. The van der Waals surface area contributed by atoms with E-state index in [-0.39, 0.29) is 5.75 Å². The van der Waals surface area contributed by atoms with Gasteiger partial charge >= 0.3 is 6.36 Å². The van der Waals surface area contributed by atoms with Crippen molar-refractivity contribution < 1.29 is 17.9 Å². The van der Waals surface area contributed by atoms with E-state index >= 15 is 0 Å². The fourth-order valence-corrected chi connectivity index (χ4v) is 1.71. The first-order valence-electron chi connectivity index (χ1n) is 5.94. The number of anilines is 1. The van der Waals surface area contributed by atoms with E-state index in [1.165, 1.54) is 18.2 Å². The van der Waals surface area contributed by atoms with Gasteiger partial charge in [-0.1, -0.05) is 18.2 Å². The van der Waals surface area contributed by atoms with Crippen LogP contribution >= 0.6 is 0 Å². The summed E-state index contributed by atoms with van der Waals surface area (Å²) >= 11 is 0. The second-order valence-corrected chi connectivity index (χ2v) is 4.22. The van der Waals surface area contributed by atoms with Crippen molar-refractivity contribution in [3.63, 3.8) is 0 Å². The van der Waals surface area contributed by atoms with E-state index in [1.807, 2.05) is 19.1 Å². The highest BCUT2D eigenvalue weighted by Gasteiger charge is 2.31.